The van der Waals surface area contributed by atoms with E-state index in [1.54, 1.807) is 30.3 Å². The quantitative estimate of drug-likeness (QED) is 0.566. The summed E-state index contributed by atoms with van der Waals surface area (Å²) in [5.74, 6) is -0.668. The van der Waals surface area contributed by atoms with Gasteiger partial charge in [0.05, 0.1) is 6.10 Å². The average Bonchev–Trinajstić information content (AvgIpc) is 3.42. The molecule has 6 nitrogen and oxygen atoms in total. The van der Waals surface area contributed by atoms with Gasteiger partial charge in [-0.3, -0.25) is 9.59 Å². The highest BCUT2D eigenvalue weighted by Crippen LogP contribution is 2.20. The van der Waals surface area contributed by atoms with E-state index in [1.807, 2.05) is 36.5 Å². The number of H-pyrrole nitrogens is 1. The van der Waals surface area contributed by atoms with E-state index in [-0.39, 0.29) is 23.6 Å². The SMILES string of the molecule is O=C(NCC1CCCO1)/C(=C/c1c[nH]c2ccccc12)NC(=O)c1ccccc1. The van der Waals surface area contributed by atoms with E-state index < -0.39 is 0 Å². The Hall–Kier alpha value is -3.38. The summed E-state index contributed by atoms with van der Waals surface area (Å²) in [5.41, 5.74) is 2.48. The zero-order valence-corrected chi connectivity index (χ0v) is 16.0. The number of fused-ring (bicyclic) bond motifs is 1. The summed E-state index contributed by atoms with van der Waals surface area (Å²) in [6.07, 6.45) is 5.48. The Labute approximate surface area is 169 Å². The molecule has 2 amide bonds. The molecule has 1 fully saturated rings. The molecule has 0 saturated carbocycles. The molecule has 0 radical (unpaired) electrons. The molecule has 1 aromatic heterocycles. The van der Waals surface area contributed by atoms with Crippen molar-refractivity contribution < 1.29 is 14.3 Å². The van der Waals surface area contributed by atoms with Crippen LogP contribution in [0.3, 0.4) is 0 Å². The summed E-state index contributed by atoms with van der Waals surface area (Å²) >= 11 is 0. The Kier molecular flexibility index (Phi) is 5.72. The third-order valence-electron chi connectivity index (χ3n) is 4.96. The number of aromatic amines is 1. The normalized spacial score (nSPS) is 16.7. The first-order valence-electron chi connectivity index (χ1n) is 9.75. The van der Waals surface area contributed by atoms with Crippen LogP contribution in [0.15, 0.2) is 66.5 Å². The number of carbonyl (C=O) groups is 2. The first-order chi connectivity index (χ1) is 14.2. The minimum Gasteiger partial charge on any atom is -0.376 e. The van der Waals surface area contributed by atoms with Crippen LogP contribution in [-0.4, -0.2) is 36.1 Å². The van der Waals surface area contributed by atoms with Crippen LogP contribution in [0.5, 0.6) is 0 Å². The topological polar surface area (TPSA) is 83.2 Å². The second kappa shape index (κ2) is 8.75. The molecule has 0 bridgehead atoms. The van der Waals surface area contributed by atoms with Gasteiger partial charge in [0.2, 0.25) is 0 Å². The molecule has 2 heterocycles. The van der Waals surface area contributed by atoms with Crippen LogP contribution < -0.4 is 10.6 Å². The molecule has 6 heteroatoms. The van der Waals surface area contributed by atoms with Crippen molar-refractivity contribution in [2.45, 2.75) is 18.9 Å². The lowest BCUT2D eigenvalue weighted by Crippen LogP contribution is -2.38. The summed E-state index contributed by atoms with van der Waals surface area (Å²) in [6, 6.07) is 16.7. The van der Waals surface area contributed by atoms with Gasteiger partial charge in [-0.2, -0.15) is 0 Å². The third-order valence-corrected chi connectivity index (χ3v) is 4.96. The second-order valence-electron chi connectivity index (χ2n) is 7.01. The largest absolute Gasteiger partial charge is 0.376 e. The number of nitrogens with one attached hydrogen (secondary N) is 3. The van der Waals surface area contributed by atoms with E-state index in [1.165, 1.54) is 0 Å². The molecule has 1 atom stereocenters. The van der Waals surface area contributed by atoms with Gasteiger partial charge < -0.3 is 20.4 Å². The van der Waals surface area contributed by atoms with Crippen molar-refractivity contribution in [2.75, 3.05) is 13.2 Å². The van der Waals surface area contributed by atoms with Crippen LogP contribution in [0.4, 0.5) is 0 Å². The maximum Gasteiger partial charge on any atom is 0.267 e. The van der Waals surface area contributed by atoms with Crippen LogP contribution in [0, 0.1) is 0 Å². The van der Waals surface area contributed by atoms with Crippen LogP contribution >= 0.6 is 0 Å². The Morgan fingerprint density at radius 1 is 1.10 bits per heavy atom. The number of ether oxygens (including phenoxy) is 1. The fourth-order valence-electron chi connectivity index (χ4n) is 3.42. The van der Waals surface area contributed by atoms with Crippen molar-refractivity contribution in [3.8, 4) is 0 Å². The molecule has 0 aliphatic carbocycles. The summed E-state index contributed by atoms with van der Waals surface area (Å²) < 4.78 is 5.57. The second-order valence-corrected chi connectivity index (χ2v) is 7.01. The van der Waals surface area contributed by atoms with Crippen LogP contribution in [0.25, 0.3) is 17.0 Å². The summed E-state index contributed by atoms with van der Waals surface area (Å²) in [5, 5.41) is 6.63. The van der Waals surface area contributed by atoms with Crippen molar-refractivity contribution in [2.24, 2.45) is 0 Å². The molecule has 29 heavy (non-hydrogen) atoms. The van der Waals surface area contributed by atoms with Crippen LogP contribution in [-0.2, 0) is 9.53 Å². The van der Waals surface area contributed by atoms with Gasteiger partial charge in [0.25, 0.3) is 11.8 Å². The molecule has 4 rings (SSSR count). The lowest BCUT2D eigenvalue weighted by Gasteiger charge is -2.14. The maximum absolute atomic E-state index is 12.9. The minimum atomic E-state index is -0.338. The Morgan fingerprint density at radius 3 is 2.69 bits per heavy atom. The van der Waals surface area contributed by atoms with Gasteiger partial charge in [-0.25, -0.2) is 0 Å². The number of benzene rings is 2. The van der Waals surface area contributed by atoms with Gasteiger partial charge in [-0.15, -0.1) is 0 Å². The van der Waals surface area contributed by atoms with Crippen molar-refractivity contribution in [3.63, 3.8) is 0 Å². The molecular formula is C23H23N3O3. The van der Waals surface area contributed by atoms with Gasteiger partial charge in [0.15, 0.2) is 0 Å². The smallest absolute Gasteiger partial charge is 0.267 e. The number of para-hydroxylation sites is 1. The van der Waals surface area contributed by atoms with Gasteiger partial charge in [0, 0.05) is 41.4 Å². The van der Waals surface area contributed by atoms with E-state index in [0.29, 0.717) is 12.1 Å². The molecule has 148 valence electrons. The number of hydrogen-bond acceptors (Lipinski definition) is 3. The van der Waals surface area contributed by atoms with Crippen molar-refractivity contribution in [1.29, 1.82) is 0 Å². The minimum absolute atomic E-state index is 0.0260. The molecule has 1 unspecified atom stereocenters. The van der Waals surface area contributed by atoms with E-state index in [4.69, 9.17) is 4.74 Å². The molecule has 1 aliphatic heterocycles. The first kappa shape index (κ1) is 19.0. The van der Waals surface area contributed by atoms with Gasteiger partial charge in [-0.05, 0) is 37.1 Å². The number of rotatable bonds is 6. The molecular weight excluding hydrogens is 366 g/mol. The monoisotopic (exact) mass is 389 g/mol. The zero-order chi connectivity index (χ0) is 20.1. The van der Waals surface area contributed by atoms with E-state index in [0.717, 1.165) is 35.9 Å². The molecule has 3 aromatic rings. The van der Waals surface area contributed by atoms with E-state index in [9.17, 15) is 9.59 Å². The van der Waals surface area contributed by atoms with E-state index in [2.05, 4.69) is 15.6 Å². The third kappa shape index (κ3) is 4.55. The predicted molar refractivity (Wildman–Crippen MR) is 112 cm³/mol. The molecule has 1 saturated heterocycles. The van der Waals surface area contributed by atoms with E-state index >= 15 is 0 Å². The highest BCUT2D eigenvalue weighted by molar-refractivity contribution is 6.06. The van der Waals surface area contributed by atoms with Crippen molar-refractivity contribution >= 4 is 28.8 Å². The summed E-state index contributed by atoms with van der Waals surface area (Å²) in [6.45, 7) is 1.15. The zero-order valence-electron chi connectivity index (χ0n) is 16.0. The number of amides is 2. The van der Waals surface area contributed by atoms with Gasteiger partial charge in [0.1, 0.15) is 5.70 Å². The fraction of sp³-hybridized carbons (Fsp3) is 0.217. The Morgan fingerprint density at radius 2 is 1.90 bits per heavy atom. The summed E-state index contributed by atoms with van der Waals surface area (Å²) in [7, 11) is 0. The maximum atomic E-state index is 12.9. The Balaban J connectivity index is 1.59. The average molecular weight is 389 g/mol. The standard InChI is InChI=1S/C23H23N3O3/c27-22(16-7-2-1-3-8-16)26-21(23(28)25-15-18-9-6-12-29-18)13-17-14-24-20-11-5-4-10-19(17)20/h1-5,7-8,10-11,13-14,18,24H,6,9,12,15H2,(H,25,28)(H,26,27)/b21-13-. The van der Waals surface area contributed by atoms with Gasteiger partial charge >= 0.3 is 0 Å². The predicted octanol–water partition coefficient (Wildman–Crippen LogP) is 3.23. The lowest BCUT2D eigenvalue weighted by atomic mass is 10.1. The van der Waals surface area contributed by atoms with Gasteiger partial charge in [-0.1, -0.05) is 36.4 Å². The molecule has 3 N–H and O–H groups in total. The summed E-state index contributed by atoms with van der Waals surface area (Å²) in [4.78, 5) is 28.7. The van der Waals surface area contributed by atoms with Crippen LogP contribution in [0.2, 0.25) is 0 Å². The lowest BCUT2D eigenvalue weighted by molar-refractivity contribution is -0.118. The number of carbonyl (C=O) groups excluding carboxylic acids is 2. The molecule has 0 spiro atoms. The van der Waals surface area contributed by atoms with Crippen LogP contribution in [0.1, 0.15) is 28.8 Å². The Bertz CT molecular complexity index is 1030. The highest BCUT2D eigenvalue weighted by Gasteiger charge is 2.19. The number of hydrogen-bond donors (Lipinski definition) is 3. The van der Waals surface area contributed by atoms with Crippen molar-refractivity contribution in [1.82, 2.24) is 15.6 Å². The number of aromatic nitrogens is 1. The molecule has 1 aliphatic rings. The fourth-order valence-corrected chi connectivity index (χ4v) is 3.42. The molecule has 2 aromatic carbocycles. The highest BCUT2D eigenvalue weighted by atomic mass is 16.5. The first-order valence-corrected chi connectivity index (χ1v) is 9.75. The van der Waals surface area contributed by atoms with Crippen molar-refractivity contribution in [3.05, 3.63) is 77.6 Å².